The third-order valence-electron chi connectivity index (χ3n) is 3.67. The first kappa shape index (κ1) is 17.2. The summed E-state index contributed by atoms with van der Waals surface area (Å²) < 4.78 is 0. The van der Waals surface area contributed by atoms with E-state index in [9.17, 15) is 9.59 Å². The Labute approximate surface area is 141 Å². The number of benzene rings is 1. The van der Waals surface area contributed by atoms with Gasteiger partial charge in [0.05, 0.1) is 12.1 Å². The summed E-state index contributed by atoms with van der Waals surface area (Å²) in [6.45, 7) is 7.85. The van der Waals surface area contributed by atoms with Crippen molar-refractivity contribution in [3.8, 4) is 0 Å². The topological polar surface area (TPSA) is 49.4 Å². The maximum absolute atomic E-state index is 12.4. The Bertz CT molecular complexity index is 749. The Hall–Kier alpha value is -2.14. The van der Waals surface area contributed by atoms with Gasteiger partial charge in [-0.3, -0.25) is 9.59 Å². The van der Waals surface area contributed by atoms with Crippen LogP contribution in [0.15, 0.2) is 24.3 Å². The first-order chi connectivity index (χ1) is 10.8. The van der Waals surface area contributed by atoms with Crippen molar-refractivity contribution in [3.05, 3.63) is 50.7 Å². The van der Waals surface area contributed by atoms with E-state index in [1.807, 2.05) is 52.0 Å². The maximum atomic E-state index is 12.4. The Balaban J connectivity index is 2.03. The first-order valence-corrected chi connectivity index (χ1v) is 8.29. The third kappa shape index (κ3) is 4.20. The van der Waals surface area contributed by atoms with Gasteiger partial charge in [-0.1, -0.05) is 12.1 Å². The first-order valence-electron chi connectivity index (χ1n) is 7.47. The number of amides is 2. The largest absolute Gasteiger partial charge is 0.332 e. The van der Waals surface area contributed by atoms with Crippen LogP contribution in [-0.4, -0.2) is 30.3 Å². The smallest absolute Gasteiger partial charge is 0.255 e. The van der Waals surface area contributed by atoms with Gasteiger partial charge in [-0.15, -0.1) is 11.3 Å². The molecule has 2 rings (SSSR count). The number of likely N-dealkylation sites (N-methyl/N-ethyl adjacent to an activating group) is 1. The lowest BCUT2D eigenvalue weighted by Gasteiger charge is -2.17. The minimum absolute atomic E-state index is 0.0283. The van der Waals surface area contributed by atoms with Crippen LogP contribution in [0.25, 0.3) is 0 Å². The van der Waals surface area contributed by atoms with Gasteiger partial charge in [-0.25, -0.2) is 0 Å². The van der Waals surface area contributed by atoms with Gasteiger partial charge in [-0.05, 0) is 51.0 Å². The fourth-order valence-corrected chi connectivity index (χ4v) is 3.31. The number of hydrogen-bond donors (Lipinski definition) is 1. The highest BCUT2D eigenvalue weighted by Gasteiger charge is 2.18. The second kappa shape index (κ2) is 6.96. The summed E-state index contributed by atoms with van der Waals surface area (Å²) >= 11 is 1.59. The summed E-state index contributed by atoms with van der Waals surface area (Å²) in [5, 5.41) is 2.88. The Kier molecular flexibility index (Phi) is 5.21. The third-order valence-corrected chi connectivity index (χ3v) is 4.63. The molecule has 2 amide bonds. The quantitative estimate of drug-likeness (QED) is 0.929. The van der Waals surface area contributed by atoms with Crippen molar-refractivity contribution in [2.75, 3.05) is 18.9 Å². The number of carbonyl (C=O) groups is 2. The zero-order chi connectivity index (χ0) is 17.1. The van der Waals surface area contributed by atoms with Gasteiger partial charge in [0.1, 0.15) is 0 Å². The van der Waals surface area contributed by atoms with Crippen LogP contribution in [0.1, 0.15) is 31.2 Å². The van der Waals surface area contributed by atoms with Crippen molar-refractivity contribution in [1.82, 2.24) is 4.90 Å². The molecule has 5 heteroatoms. The van der Waals surface area contributed by atoms with E-state index in [1.54, 1.807) is 18.4 Å². The average Bonchev–Trinajstić information content (AvgIpc) is 2.80. The molecule has 0 saturated carbocycles. The van der Waals surface area contributed by atoms with Crippen molar-refractivity contribution in [3.63, 3.8) is 0 Å². The molecule has 0 atom stereocenters. The van der Waals surface area contributed by atoms with Crippen LogP contribution in [0.4, 0.5) is 5.69 Å². The summed E-state index contributed by atoms with van der Waals surface area (Å²) in [6, 6.07) is 7.78. The number of thiophene rings is 1. The number of aryl methyl sites for hydroxylation is 4. The molecule has 1 heterocycles. The predicted octanol–water partition coefficient (Wildman–Crippen LogP) is 3.69. The molecule has 0 spiro atoms. The molecule has 0 radical (unpaired) electrons. The number of nitrogens with one attached hydrogen (secondary N) is 1. The molecule has 0 aliphatic heterocycles. The zero-order valence-corrected chi connectivity index (χ0v) is 15.0. The van der Waals surface area contributed by atoms with E-state index in [1.165, 1.54) is 4.90 Å². The number of nitrogens with zero attached hydrogens (tertiary/aromatic N) is 1. The lowest BCUT2D eigenvalue weighted by atomic mass is 10.1. The average molecular weight is 330 g/mol. The zero-order valence-electron chi connectivity index (χ0n) is 14.2. The molecule has 0 aliphatic carbocycles. The highest BCUT2D eigenvalue weighted by atomic mass is 32.1. The lowest BCUT2D eigenvalue weighted by molar-refractivity contribution is -0.116. The number of carbonyl (C=O) groups excluding carboxylic acids is 2. The molecule has 1 aromatic heterocycles. The lowest BCUT2D eigenvalue weighted by Crippen LogP contribution is -2.35. The van der Waals surface area contributed by atoms with E-state index >= 15 is 0 Å². The highest BCUT2D eigenvalue weighted by molar-refractivity contribution is 7.12. The SMILES string of the molecule is Cc1ccc(C)c(NC(=O)CN(C)C(=O)c2cc(C)sc2C)c1. The second-order valence-corrected chi connectivity index (χ2v) is 7.32. The molecular formula is C18H22N2O2S. The number of rotatable bonds is 4. The normalized spacial score (nSPS) is 10.5. The van der Waals surface area contributed by atoms with E-state index in [2.05, 4.69) is 5.32 Å². The molecular weight excluding hydrogens is 308 g/mol. The van der Waals surface area contributed by atoms with E-state index in [0.29, 0.717) is 5.56 Å². The molecule has 0 fully saturated rings. The van der Waals surface area contributed by atoms with Crippen molar-refractivity contribution >= 4 is 28.8 Å². The highest BCUT2D eigenvalue weighted by Crippen LogP contribution is 2.22. The van der Waals surface area contributed by atoms with E-state index in [4.69, 9.17) is 0 Å². The van der Waals surface area contributed by atoms with Crippen LogP contribution in [-0.2, 0) is 4.79 Å². The van der Waals surface area contributed by atoms with Crippen molar-refractivity contribution in [2.24, 2.45) is 0 Å². The van der Waals surface area contributed by atoms with E-state index in [-0.39, 0.29) is 18.4 Å². The Morgan fingerprint density at radius 3 is 2.43 bits per heavy atom. The minimum atomic E-state index is -0.195. The maximum Gasteiger partial charge on any atom is 0.255 e. The molecule has 2 aromatic rings. The van der Waals surface area contributed by atoms with Crippen LogP contribution in [0.5, 0.6) is 0 Å². The number of anilines is 1. The van der Waals surface area contributed by atoms with Crippen molar-refractivity contribution in [2.45, 2.75) is 27.7 Å². The summed E-state index contributed by atoms with van der Waals surface area (Å²) in [5.74, 6) is -0.317. The predicted molar refractivity (Wildman–Crippen MR) is 95.3 cm³/mol. The number of hydrogen-bond acceptors (Lipinski definition) is 3. The van der Waals surface area contributed by atoms with Crippen LogP contribution in [0, 0.1) is 27.7 Å². The fourth-order valence-electron chi connectivity index (χ4n) is 2.40. The summed E-state index contributed by atoms with van der Waals surface area (Å²) in [5.41, 5.74) is 3.55. The Morgan fingerprint density at radius 1 is 1.13 bits per heavy atom. The van der Waals surface area contributed by atoms with Gasteiger partial charge in [0, 0.05) is 22.5 Å². The second-order valence-electron chi connectivity index (χ2n) is 5.85. The summed E-state index contributed by atoms with van der Waals surface area (Å²) in [4.78, 5) is 28.2. The van der Waals surface area contributed by atoms with Crippen molar-refractivity contribution < 1.29 is 9.59 Å². The van der Waals surface area contributed by atoms with Gasteiger partial charge >= 0.3 is 0 Å². The summed E-state index contributed by atoms with van der Waals surface area (Å²) in [6.07, 6.45) is 0. The minimum Gasteiger partial charge on any atom is -0.332 e. The molecule has 0 saturated heterocycles. The van der Waals surface area contributed by atoms with Crippen molar-refractivity contribution in [1.29, 1.82) is 0 Å². The van der Waals surface area contributed by atoms with Crippen LogP contribution in [0.2, 0.25) is 0 Å². The summed E-state index contributed by atoms with van der Waals surface area (Å²) in [7, 11) is 1.65. The van der Waals surface area contributed by atoms with E-state index in [0.717, 1.165) is 26.6 Å². The molecule has 1 aromatic carbocycles. The van der Waals surface area contributed by atoms with Gasteiger partial charge in [0.25, 0.3) is 5.91 Å². The van der Waals surface area contributed by atoms with E-state index < -0.39 is 0 Å². The standard InChI is InChI=1S/C18H22N2O2S/c1-11-6-7-12(2)16(8-11)19-17(21)10-20(5)18(22)15-9-13(3)23-14(15)4/h6-9H,10H2,1-5H3,(H,19,21). The Morgan fingerprint density at radius 2 is 1.83 bits per heavy atom. The molecule has 122 valence electrons. The van der Waals surface area contributed by atoms with Gasteiger partial charge < -0.3 is 10.2 Å². The molecule has 0 unspecified atom stereocenters. The van der Waals surface area contributed by atoms with Gasteiger partial charge in [0.15, 0.2) is 0 Å². The van der Waals surface area contributed by atoms with Gasteiger partial charge in [0.2, 0.25) is 5.91 Å². The van der Waals surface area contributed by atoms with Crippen LogP contribution in [0.3, 0.4) is 0 Å². The molecule has 23 heavy (non-hydrogen) atoms. The van der Waals surface area contributed by atoms with Gasteiger partial charge in [-0.2, -0.15) is 0 Å². The molecule has 0 aliphatic rings. The van der Waals surface area contributed by atoms with Crippen LogP contribution >= 0.6 is 11.3 Å². The molecule has 1 N–H and O–H groups in total. The molecule has 4 nitrogen and oxygen atoms in total. The fraction of sp³-hybridized carbons (Fsp3) is 0.333. The monoisotopic (exact) mass is 330 g/mol. The van der Waals surface area contributed by atoms with Crippen LogP contribution < -0.4 is 5.32 Å². The molecule has 0 bridgehead atoms.